The third-order valence-corrected chi connectivity index (χ3v) is 4.05. The standard InChI is InChI=1S/C18H13Cl2NO4/c1-23-15-6-3-10(8-16(15)24-2)7-14-18(22)25-17(21-14)12-9-11(19)4-5-13(12)20/h3-9H,1-2H3/b14-7+. The Morgan fingerprint density at radius 3 is 2.52 bits per heavy atom. The third-order valence-electron chi connectivity index (χ3n) is 3.49. The minimum Gasteiger partial charge on any atom is -0.493 e. The highest BCUT2D eigenvalue weighted by molar-refractivity contribution is 6.36. The van der Waals surface area contributed by atoms with E-state index in [1.54, 1.807) is 49.6 Å². The van der Waals surface area contributed by atoms with Gasteiger partial charge in [-0.05, 0) is 42.0 Å². The Labute approximate surface area is 154 Å². The Balaban J connectivity index is 1.97. The number of rotatable bonds is 4. The van der Waals surface area contributed by atoms with Crippen molar-refractivity contribution < 1.29 is 19.0 Å². The fourth-order valence-electron chi connectivity index (χ4n) is 2.29. The van der Waals surface area contributed by atoms with Crippen molar-refractivity contribution in [2.24, 2.45) is 4.99 Å². The first-order valence-electron chi connectivity index (χ1n) is 7.22. The maximum atomic E-state index is 12.1. The summed E-state index contributed by atoms with van der Waals surface area (Å²) in [6.45, 7) is 0. The average Bonchev–Trinajstić information content (AvgIpc) is 2.97. The average molecular weight is 378 g/mol. The van der Waals surface area contributed by atoms with Crippen LogP contribution < -0.4 is 9.47 Å². The molecule has 1 aliphatic heterocycles. The van der Waals surface area contributed by atoms with E-state index in [0.717, 1.165) is 0 Å². The van der Waals surface area contributed by atoms with Gasteiger partial charge in [0.15, 0.2) is 17.2 Å². The quantitative estimate of drug-likeness (QED) is 0.586. The van der Waals surface area contributed by atoms with Gasteiger partial charge in [0.25, 0.3) is 0 Å². The largest absolute Gasteiger partial charge is 0.493 e. The Kier molecular flexibility index (Phi) is 4.97. The molecule has 0 aromatic heterocycles. The predicted octanol–water partition coefficient (Wildman–Crippen LogP) is 4.36. The first-order chi connectivity index (χ1) is 12.0. The van der Waals surface area contributed by atoms with Crippen LogP contribution in [0.1, 0.15) is 11.1 Å². The van der Waals surface area contributed by atoms with Crippen LogP contribution in [0, 0.1) is 0 Å². The Morgan fingerprint density at radius 2 is 1.80 bits per heavy atom. The summed E-state index contributed by atoms with van der Waals surface area (Å²) in [6.07, 6.45) is 1.59. The molecule has 3 rings (SSSR count). The molecule has 2 aromatic rings. The van der Waals surface area contributed by atoms with Gasteiger partial charge in [-0.1, -0.05) is 29.3 Å². The molecule has 7 heteroatoms. The highest BCUT2D eigenvalue weighted by Gasteiger charge is 2.26. The highest BCUT2D eigenvalue weighted by atomic mass is 35.5. The van der Waals surface area contributed by atoms with Gasteiger partial charge < -0.3 is 14.2 Å². The Morgan fingerprint density at radius 1 is 1.04 bits per heavy atom. The molecule has 2 aromatic carbocycles. The molecule has 0 unspecified atom stereocenters. The summed E-state index contributed by atoms with van der Waals surface area (Å²) in [6, 6.07) is 10.1. The van der Waals surface area contributed by atoms with Crippen LogP contribution in [0.15, 0.2) is 47.1 Å². The van der Waals surface area contributed by atoms with Gasteiger partial charge in [0.05, 0.1) is 24.8 Å². The van der Waals surface area contributed by atoms with Crippen molar-refractivity contribution in [2.45, 2.75) is 0 Å². The van der Waals surface area contributed by atoms with Crippen LogP contribution in [0.2, 0.25) is 10.0 Å². The molecule has 1 aliphatic rings. The van der Waals surface area contributed by atoms with Gasteiger partial charge in [-0.3, -0.25) is 0 Å². The van der Waals surface area contributed by atoms with Crippen molar-refractivity contribution in [1.82, 2.24) is 0 Å². The number of cyclic esters (lactones) is 1. The number of ether oxygens (including phenoxy) is 3. The van der Waals surface area contributed by atoms with Crippen LogP contribution in [0.5, 0.6) is 11.5 Å². The van der Waals surface area contributed by atoms with E-state index in [9.17, 15) is 4.79 Å². The van der Waals surface area contributed by atoms with E-state index >= 15 is 0 Å². The second-order valence-corrected chi connectivity index (χ2v) is 5.92. The van der Waals surface area contributed by atoms with Crippen LogP contribution in [-0.2, 0) is 9.53 Å². The van der Waals surface area contributed by atoms with Crippen molar-refractivity contribution in [3.8, 4) is 11.5 Å². The highest BCUT2D eigenvalue weighted by Crippen LogP contribution is 2.30. The third kappa shape index (κ3) is 3.62. The van der Waals surface area contributed by atoms with Gasteiger partial charge in [0, 0.05) is 5.02 Å². The first kappa shape index (κ1) is 17.3. The number of benzene rings is 2. The number of nitrogens with zero attached hydrogens (tertiary/aromatic N) is 1. The van der Waals surface area contributed by atoms with Gasteiger partial charge in [-0.2, -0.15) is 0 Å². The van der Waals surface area contributed by atoms with E-state index in [4.69, 9.17) is 37.4 Å². The lowest BCUT2D eigenvalue weighted by Gasteiger charge is -2.07. The van der Waals surface area contributed by atoms with E-state index < -0.39 is 5.97 Å². The molecule has 0 saturated heterocycles. The summed E-state index contributed by atoms with van der Waals surface area (Å²) in [4.78, 5) is 16.3. The SMILES string of the molecule is COc1ccc(/C=C2/N=C(c3cc(Cl)ccc3Cl)OC2=O)cc1OC. The van der Waals surface area contributed by atoms with Gasteiger partial charge >= 0.3 is 5.97 Å². The summed E-state index contributed by atoms with van der Waals surface area (Å²) in [5.41, 5.74) is 1.32. The lowest BCUT2D eigenvalue weighted by atomic mass is 10.1. The Bertz CT molecular complexity index is 906. The number of hydrogen-bond donors (Lipinski definition) is 0. The van der Waals surface area contributed by atoms with E-state index in [1.165, 1.54) is 7.11 Å². The molecule has 0 fully saturated rings. The van der Waals surface area contributed by atoms with Crippen LogP contribution in [0.4, 0.5) is 0 Å². The topological polar surface area (TPSA) is 57.1 Å². The minimum absolute atomic E-state index is 0.115. The summed E-state index contributed by atoms with van der Waals surface area (Å²) >= 11 is 12.1. The second-order valence-electron chi connectivity index (χ2n) is 5.07. The molecule has 0 spiro atoms. The molecule has 25 heavy (non-hydrogen) atoms. The van der Waals surface area contributed by atoms with Gasteiger partial charge in [0.2, 0.25) is 5.90 Å². The van der Waals surface area contributed by atoms with Crippen molar-refractivity contribution >= 4 is 41.1 Å². The van der Waals surface area contributed by atoms with E-state index in [0.29, 0.717) is 32.7 Å². The zero-order chi connectivity index (χ0) is 18.0. The molecular weight excluding hydrogens is 365 g/mol. The molecule has 0 radical (unpaired) electrons. The van der Waals surface area contributed by atoms with Crippen LogP contribution in [0.3, 0.4) is 0 Å². The monoisotopic (exact) mass is 377 g/mol. The number of halogens is 2. The molecule has 0 amide bonds. The maximum absolute atomic E-state index is 12.1. The molecule has 0 saturated carbocycles. The first-order valence-corrected chi connectivity index (χ1v) is 7.97. The normalized spacial score (nSPS) is 15.1. The molecular formula is C18H13Cl2NO4. The maximum Gasteiger partial charge on any atom is 0.363 e. The summed E-state index contributed by atoms with van der Waals surface area (Å²) in [7, 11) is 3.09. The summed E-state index contributed by atoms with van der Waals surface area (Å²) in [5, 5.41) is 0.860. The molecule has 128 valence electrons. The molecule has 0 aliphatic carbocycles. The number of esters is 1. The number of carbonyl (C=O) groups is 1. The van der Waals surface area contributed by atoms with Gasteiger partial charge in [-0.15, -0.1) is 0 Å². The number of hydrogen-bond acceptors (Lipinski definition) is 5. The molecule has 0 atom stereocenters. The van der Waals surface area contributed by atoms with Crippen molar-refractivity contribution in [2.75, 3.05) is 14.2 Å². The van der Waals surface area contributed by atoms with Crippen molar-refractivity contribution in [3.63, 3.8) is 0 Å². The molecule has 0 N–H and O–H groups in total. The van der Waals surface area contributed by atoms with Crippen LogP contribution in [-0.4, -0.2) is 26.1 Å². The van der Waals surface area contributed by atoms with Crippen LogP contribution >= 0.6 is 23.2 Å². The molecule has 5 nitrogen and oxygen atoms in total. The van der Waals surface area contributed by atoms with E-state index in [1.807, 2.05) is 0 Å². The number of carbonyl (C=O) groups excluding carboxylic acids is 1. The molecule has 1 heterocycles. The van der Waals surface area contributed by atoms with Gasteiger partial charge in [-0.25, -0.2) is 9.79 Å². The lowest BCUT2D eigenvalue weighted by Crippen LogP contribution is -2.06. The predicted molar refractivity (Wildman–Crippen MR) is 96.6 cm³/mol. The zero-order valence-electron chi connectivity index (χ0n) is 13.4. The lowest BCUT2D eigenvalue weighted by molar-refractivity contribution is -0.129. The van der Waals surface area contributed by atoms with E-state index in [-0.39, 0.29) is 11.6 Å². The van der Waals surface area contributed by atoms with Crippen molar-refractivity contribution in [1.29, 1.82) is 0 Å². The fraction of sp³-hybridized carbons (Fsp3) is 0.111. The Hall–Kier alpha value is -2.50. The van der Waals surface area contributed by atoms with Gasteiger partial charge in [0.1, 0.15) is 0 Å². The fourth-order valence-corrected chi connectivity index (χ4v) is 2.66. The van der Waals surface area contributed by atoms with Crippen LogP contribution in [0.25, 0.3) is 6.08 Å². The number of aliphatic imine (C=N–C) groups is 1. The summed E-state index contributed by atoms with van der Waals surface area (Å²) < 4.78 is 15.7. The van der Waals surface area contributed by atoms with Crippen molar-refractivity contribution in [3.05, 3.63) is 63.3 Å². The number of methoxy groups -OCH3 is 2. The smallest absolute Gasteiger partial charge is 0.363 e. The summed E-state index contributed by atoms with van der Waals surface area (Å²) in [5.74, 6) is 0.684. The minimum atomic E-state index is -0.569. The zero-order valence-corrected chi connectivity index (χ0v) is 14.9. The second kappa shape index (κ2) is 7.17. The molecule has 0 bridgehead atoms. The van der Waals surface area contributed by atoms with E-state index in [2.05, 4.69) is 4.99 Å².